The summed E-state index contributed by atoms with van der Waals surface area (Å²) in [5, 5.41) is 14.5. The van der Waals surface area contributed by atoms with Crippen LogP contribution >= 0.6 is 0 Å². The lowest BCUT2D eigenvalue weighted by atomic mass is 10.2. The predicted octanol–water partition coefficient (Wildman–Crippen LogP) is 3.40. The maximum atomic E-state index is 13.1. The molecule has 1 N–H and O–H groups in total. The summed E-state index contributed by atoms with van der Waals surface area (Å²) in [5.41, 5.74) is 4.73. The number of fused-ring (bicyclic) bond motifs is 1. The van der Waals surface area contributed by atoms with Crippen LogP contribution in [0.1, 0.15) is 27.6 Å². The van der Waals surface area contributed by atoms with Crippen molar-refractivity contribution in [2.24, 2.45) is 0 Å². The van der Waals surface area contributed by atoms with Crippen molar-refractivity contribution in [2.45, 2.75) is 20.8 Å². The number of carbonyl (C=O) groups is 1. The second-order valence-corrected chi connectivity index (χ2v) is 7.59. The Labute approximate surface area is 184 Å². The van der Waals surface area contributed by atoms with Crippen molar-refractivity contribution in [3.05, 3.63) is 71.3 Å². The summed E-state index contributed by atoms with van der Waals surface area (Å²) in [4.78, 5) is 13.1. The number of anilines is 1. The highest BCUT2D eigenvalue weighted by Crippen LogP contribution is 2.33. The Morgan fingerprint density at radius 3 is 2.56 bits per heavy atom. The quantitative estimate of drug-likeness (QED) is 0.533. The molecule has 9 heteroatoms. The molecular formula is C23H22N6O3. The number of nitrogens with zero attached hydrogens (tertiary/aromatic N) is 5. The molecule has 2 aromatic carbocycles. The normalized spacial score (nSPS) is 12.6. The van der Waals surface area contributed by atoms with Crippen molar-refractivity contribution in [2.75, 3.05) is 18.5 Å². The highest BCUT2D eigenvalue weighted by atomic mass is 16.6. The van der Waals surface area contributed by atoms with E-state index >= 15 is 0 Å². The van der Waals surface area contributed by atoms with Crippen LogP contribution in [0.4, 0.5) is 5.69 Å². The van der Waals surface area contributed by atoms with Crippen molar-refractivity contribution in [1.29, 1.82) is 0 Å². The third-order valence-electron chi connectivity index (χ3n) is 5.43. The molecular weight excluding hydrogens is 408 g/mol. The number of rotatable bonds is 4. The molecule has 0 fully saturated rings. The van der Waals surface area contributed by atoms with Crippen molar-refractivity contribution in [1.82, 2.24) is 24.8 Å². The maximum Gasteiger partial charge on any atom is 0.257 e. The van der Waals surface area contributed by atoms with E-state index in [0.717, 1.165) is 28.5 Å². The van der Waals surface area contributed by atoms with Gasteiger partial charge in [-0.2, -0.15) is 4.68 Å². The van der Waals surface area contributed by atoms with Gasteiger partial charge in [0.1, 0.15) is 13.2 Å². The summed E-state index contributed by atoms with van der Waals surface area (Å²) >= 11 is 0. The number of tetrazole rings is 1. The van der Waals surface area contributed by atoms with Crippen molar-refractivity contribution in [3.63, 3.8) is 0 Å². The van der Waals surface area contributed by atoms with E-state index in [-0.39, 0.29) is 5.91 Å². The van der Waals surface area contributed by atoms with Crippen LogP contribution in [0, 0.1) is 20.8 Å². The molecule has 2 aromatic heterocycles. The first-order valence-corrected chi connectivity index (χ1v) is 10.3. The van der Waals surface area contributed by atoms with E-state index in [2.05, 4.69) is 20.8 Å². The summed E-state index contributed by atoms with van der Waals surface area (Å²) in [7, 11) is 0. The largest absolute Gasteiger partial charge is 0.486 e. The van der Waals surface area contributed by atoms with E-state index in [1.807, 2.05) is 73.9 Å². The number of amides is 1. The van der Waals surface area contributed by atoms with Crippen LogP contribution in [0.15, 0.2) is 48.5 Å². The molecule has 0 atom stereocenters. The lowest BCUT2D eigenvalue weighted by molar-refractivity contribution is 0.102. The summed E-state index contributed by atoms with van der Waals surface area (Å²) < 4.78 is 15.0. The highest BCUT2D eigenvalue weighted by molar-refractivity contribution is 6.05. The van der Waals surface area contributed by atoms with Gasteiger partial charge in [0.05, 0.1) is 11.3 Å². The van der Waals surface area contributed by atoms with E-state index in [1.54, 1.807) is 4.68 Å². The van der Waals surface area contributed by atoms with Crippen LogP contribution in [0.5, 0.6) is 11.5 Å². The lowest BCUT2D eigenvalue weighted by Gasteiger charge is -2.20. The molecule has 4 aromatic rings. The van der Waals surface area contributed by atoms with Gasteiger partial charge in [-0.1, -0.05) is 6.07 Å². The number of carbonyl (C=O) groups excluding carboxylic acids is 1. The van der Waals surface area contributed by atoms with Crippen molar-refractivity contribution < 1.29 is 14.3 Å². The number of hydrogen-bond donors (Lipinski definition) is 1. The molecule has 1 amide bonds. The fourth-order valence-corrected chi connectivity index (χ4v) is 3.95. The van der Waals surface area contributed by atoms with Crippen LogP contribution in [-0.4, -0.2) is 43.9 Å². The third-order valence-corrected chi connectivity index (χ3v) is 5.43. The summed E-state index contributed by atoms with van der Waals surface area (Å²) in [6.07, 6.45) is 0. The number of benzene rings is 2. The fourth-order valence-electron chi connectivity index (χ4n) is 3.95. The third kappa shape index (κ3) is 3.47. The molecule has 0 saturated heterocycles. The van der Waals surface area contributed by atoms with E-state index < -0.39 is 0 Å². The summed E-state index contributed by atoms with van der Waals surface area (Å²) in [6.45, 7) is 6.79. The average molecular weight is 430 g/mol. The monoisotopic (exact) mass is 430 g/mol. The second kappa shape index (κ2) is 7.84. The second-order valence-electron chi connectivity index (χ2n) is 7.59. The molecule has 0 unspecified atom stereocenters. The minimum absolute atomic E-state index is 0.188. The van der Waals surface area contributed by atoms with Gasteiger partial charge in [-0.15, -0.1) is 5.10 Å². The topological polar surface area (TPSA) is 96.1 Å². The minimum Gasteiger partial charge on any atom is -0.486 e. The van der Waals surface area contributed by atoms with Gasteiger partial charge in [-0.3, -0.25) is 4.79 Å². The van der Waals surface area contributed by atoms with Gasteiger partial charge in [-0.25, -0.2) is 0 Å². The molecule has 3 heterocycles. The Hall–Kier alpha value is -4.14. The van der Waals surface area contributed by atoms with Crippen molar-refractivity contribution in [3.8, 4) is 22.9 Å². The van der Waals surface area contributed by atoms with Crippen LogP contribution in [0.2, 0.25) is 0 Å². The first kappa shape index (κ1) is 19.8. The van der Waals surface area contributed by atoms with E-state index in [1.165, 1.54) is 0 Å². The zero-order chi connectivity index (χ0) is 22.2. The Morgan fingerprint density at radius 2 is 1.78 bits per heavy atom. The van der Waals surface area contributed by atoms with Gasteiger partial charge in [0.2, 0.25) is 0 Å². The molecule has 162 valence electrons. The Kier molecular flexibility index (Phi) is 4.85. The number of aromatic nitrogens is 5. The first-order valence-electron chi connectivity index (χ1n) is 10.3. The van der Waals surface area contributed by atoms with E-state index in [0.29, 0.717) is 36.0 Å². The van der Waals surface area contributed by atoms with Gasteiger partial charge in [0.15, 0.2) is 17.3 Å². The Bertz CT molecular complexity index is 1320. The fraction of sp³-hybridized carbons (Fsp3) is 0.217. The van der Waals surface area contributed by atoms with Crippen molar-refractivity contribution >= 4 is 11.6 Å². The maximum absolute atomic E-state index is 13.1. The molecule has 32 heavy (non-hydrogen) atoms. The first-order chi connectivity index (χ1) is 15.5. The lowest BCUT2D eigenvalue weighted by Crippen LogP contribution is -2.16. The Balaban J connectivity index is 1.43. The smallest absolute Gasteiger partial charge is 0.257 e. The van der Waals surface area contributed by atoms with Crippen LogP contribution in [0.25, 0.3) is 11.4 Å². The molecule has 1 aliphatic rings. The summed E-state index contributed by atoms with van der Waals surface area (Å²) in [6, 6.07) is 15.1. The van der Waals surface area contributed by atoms with Gasteiger partial charge in [0.25, 0.3) is 5.91 Å². The number of ether oxygens (including phenoxy) is 2. The standard InChI is InChI=1S/C23H22N6O3/c1-14-11-20(15(2)28(14)18-7-8-21-22(13-18)32-10-9-31-21)23(30)24-17-5-4-6-19(12-17)29-16(3)25-26-27-29/h4-8,11-13H,9-10H2,1-3H3,(H,24,30). The molecule has 9 nitrogen and oxygen atoms in total. The zero-order valence-corrected chi connectivity index (χ0v) is 18.0. The average Bonchev–Trinajstić information content (AvgIpc) is 3.36. The predicted molar refractivity (Wildman–Crippen MR) is 118 cm³/mol. The van der Waals surface area contributed by atoms with Crippen LogP contribution < -0.4 is 14.8 Å². The van der Waals surface area contributed by atoms with Gasteiger partial charge < -0.3 is 19.4 Å². The molecule has 0 spiro atoms. The SMILES string of the molecule is Cc1nnnn1-c1cccc(NC(=O)c2cc(C)n(-c3ccc4c(c3)OCCO4)c2C)c1. The molecule has 5 rings (SSSR count). The van der Waals surface area contributed by atoms with Gasteiger partial charge >= 0.3 is 0 Å². The van der Waals surface area contributed by atoms with E-state index in [4.69, 9.17) is 9.47 Å². The molecule has 0 bridgehead atoms. The molecule has 0 radical (unpaired) electrons. The van der Waals surface area contributed by atoms with Crippen LogP contribution in [0.3, 0.4) is 0 Å². The number of hydrogen-bond acceptors (Lipinski definition) is 6. The molecule has 0 saturated carbocycles. The van der Waals surface area contributed by atoms with Crippen LogP contribution in [-0.2, 0) is 0 Å². The molecule has 0 aliphatic carbocycles. The zero-order valence-electron chi connectivity index (χ0n) is 18.0. The number of nitrogens with one attached hydrogen (secondary N) is 1. The van der Waals surface area contributed by atoms with Gasteiger partial charge in [0, 0.05) is 28.8 Å². The van der Waals surface area contributed by atoms with E-state index in [9.17, 15) is 4.79 Å². The Morgan fingerprint density at radius 1 is 0.969 bits per heavy atom. The molecule has 1 aliphatic heterocycles. The summed E-state index contributed by atoms with van der Waals surface area (Å²) in [5.74, 6) is 1.92. The minimum atomic E-state index is -0.188. The van der Waals surface area contributed by atoms with Gasteiger partial charge in [-0.05, 0) is 67.6 Å². The number of aryl methyl sites for hydroxylation is 2. The highest BCUT2D eigenvalue weighted by Gasteiger charge is 2.19.